The van der Waals surface area contributed by atoms with Crippen LogP contribution in [0.1, 0.15) is 42.5 Å². The number of nitrogens with zero attached hydrogens (tertiary/aromatic N) is 1. The molecule has 0 unspecified atom stereocenters. The van der Waals surface area contributed by atoms with E-state index in [1.807, 2.05) is 48.5 Å². The molecule has 2 aromatic carbocycles. The van der Waals surface area contributed by atoms with Crippen molar-refractivity contribution >= 4 is 24.0 Å². The standard InChI is InChI=1S/C28H31NO8/c1-5-6-17-28(25(31)35-3,26(32)36-4)21(18-22(30)34-2)29-23(19-13-9-7-10-14-19)24(37-27(29)33)20-15-11-8-12-16-20/h5,7-16,21,23-24H,1,6,17-18H2,2-4H3/t21-,23+,24-/m1/s1. The third-order valence-corrected chi connectivity index (χ3v) is 6.63. The van der Waals surface area contributed by atoms with Crippen LogP contribution in [-0.4, -0.2) is 56.3 Å². The van der Waals surface area contributed by atoms with Gasteiger partial charge in [0.25, 0.3) is 0 Å². The minimum Gasteiger partial charge on any atom is -0.469 e. The number of benzene rings is 2. The van der Waals surface area contributed by atoms with Gasteiger partial charge in [-0.1, -0.05) is 66.7 Å². The first-order chi connectivity index (χ1) is 17.8. The molecule has 1 aliphatic heterocycles. The van der Waals surface area contributed by atoms with Gasteiger partial charge in [0.1, 0.15) is 6.04 Å². The Kier molecular flexibility index (Phi) is 9.05. The molecule has 0 aromatic heterocycles. The van der Waals surface area contributed by atoms with Gasteiger partial charge in [0, 0.05) is 0 Å². The largest absolute Gasteiger partial charge is 0.469 e. The van der Waals surface area contributed by atoms with Crippen LogP contribution in [0.3, 0.4) is 0 Å². The Labute approximate surface area is 215 Å². The first kappa shape index (κ1) is 27.4. The number of amides is 1. The second kappa shape index (κ2) is 12.2. The van der Waals surface area contributed by atoms with Gasteiger partial charge in [0.15, 0.2) is 11.5 Å². The fourth-order valence-electron chi connectivity index (χ4n) is 4.86. The van der Waals surface area contributed by atoms with Gasteiger partial charge >= 0.3 is 24.0 Å². The summed E-state index contributed by atoms with van der Waals surface area (Å²) in [4.78, 5) is 54.4. The summed E-state index contributed by atoms with van der Waals surface area (Å²) >= 11 is 0. The zero-order chi connectivity index (χ0) is 27.0. The molecule has 0 radical (unpaired) electrons. The smallest absolute Gasteiger partial charge is 0.411 e. The maximum Gasteiger partial charge on any atom is 0.411 e. The first-order valence-electron chi connectivity index (χ1n) is 11.8. The number of hydrogen-bond acceptors (Lipinski definition) is 8. The SMILES string of the molecule is C=CCCC(C(=O)OC)(C(=O)OC)[C@@H](CC(=O)OC)N1C(=O)O[C@H](c2ccccc2)[C@@H]1c1ccccc1. The highest BCUT2D eigenvalue weighted by Gasteiger charge is 2.61. The minimum absolute atomic E-state index is 0.126. The van der Waals surface area contributed by atoms with Gasteiger partial charge in [0.05, 0.1) is 33.8 Å². The highest BCUT2D eigenvalue weighted by molar-refractivity contribution is 6.02. The second-order valence-corrected chi connectivity index (χ2v) is 8.56. The highest BCUT2D eigenvalue weighted by atomic mass is 16.6. The predicted octanol–water partition coefficient (Wildman–Crippen LogP) is 4.15. The lowest BCUT2D eigenvalue weighted by atomic mass is 9.73. The maximum atomic E-state index is 13.6. The quantitative estimate of drug-likeness (QED) is 0.192. The summed E-state index contributed by atoms with van der Waals surface area (Å²) in [6, 6.07) is 16.0. The average Bonchev–Trinajstić information content (AvgIpc) is 3.29. The van der Waals surface area contributed by atoms with Crippen LogP contribution < -0.4 is 0 Å². The molecule has 9 nitrogen and oxygen atoms in total. The number of carbonyl (C=O) groups is 4. The van der Waals surface area contributed by atoms with Gasteiger partial charge in [0.2, 0.25) is 0 Å². The van der Waals surface area contributed by atoms with E-state index < -0.39 is 54.0 Å². The number of methoxy groups -OCH3 is 3. The van der Waals surface area contributed by atoms with Gasteiger partial charge in [-0.15, -0.1) is 6.58 Å². The molecule has 37 heavy (non-hydrogen) atoms. The summed E-state index contributed by atoms with van der Waals surface area (Å²) < 4.78 is 20.9. The Bertz CT molecular complexity index is 1100. The molecule has 1 aliphatic rings. The monoisotopic (exact) mass is 509 g/mol. The van der Waals surface area contributed by atoms with E-state index in [-0.39, 0.29) is 12.8 Å². The molecule has 9 heteroatoms. The fourth-order valence-corrected chi connectivity index (χ4v) is 4.86. The van der Waals surface area contributed by atoms with Crippen LogP contribution in [0.2, 0.25) is 0 Å². The Hall–Kier alpha value is -4.14. The molecule has 1 saturated heterocycles. The molecule has 2 aromatic rings. The maximum absolute atomic E-state index is 13.6. The number of cyclic esters (lactones) is 1. The van der Waals surface area contributed by atoms with Crippen LogP contribution in [0.25, 0.3) is 0 Å². The van der Waals surface area contributed by atoms with Gasteiger partial charge < -0.3 is 18.9 Å². The topological polar surface area (TPSA) is 108 Å². The molecule has 0 spiro atoms. The van der Waals surface area contributed by atoms with E-state index in [0.717, 1.165) is 14.2 Å². The molecule has 0 bridgehead atoms. The summed E-state index contributed by atoms with van der Waals surface area (Å²) in [5, 5.41) is 0. The highest BCUT2D eigenvalue weighted by Crippen LogP contribution is 2.49. The molecular weight excluding hydrogens is 478 g/mol. The van der Waals surface area contributed by atoms with E-state index in [0.29, 0.717) is 11.1 Å². The van der Waals surface area contributed by atoms with Crippen LogP contribution >= 0.6 is 0 Å². The number of rotatable bonds is 11. The van der Waals surface area contributed by atoms with Crippen LogP contribution in [0.15, 0.2) is 73.3 Å². The predicted molar refractivity (Wildman–Crippen MR) is 133 cm³/mol. The number of ether oxygens (including phenoxy) is 4. The molecule has 196 valence electrons. The fraction of sp³-hybridized carbons (Fsp3) is 0.357. The zero-order valence-corrected chi connectivity index (χ0v) is 21.1. The second-order valence-electron chi connectivity index (χ2n) is 8.56. The summed E-state index contributed by atoms with van der Waals surface area (Å²) in [5.41, 5.74) is -0.676. The Morgan fingerprint density at radius 2 is 1.49 bits per heavy atom. The van der Waals surface area contributed by atoms with Crippen LogP contribution in [0.5, 0.6) is 0 Å². The molecule has 3 atom stereocenters. The van der Waals surface area contributed by atoms with E-state index >= 15 is 0 Å². The van der Waals surface area contributed by atoms with Crippen molar-refractivity contribution in [2.24, 2.45) is 5.41 Å². The van der Waals surface area contributed by atoms with Crippen molar-refractivity contribution in [3.63, 3.8) is 0 Å². The van der Waals surface area contributed by atoms with Crippen molar-refractivity contribution < 1.29 is 38.1 Å². The third-order valence-electron chi connectivity index (χ3n) is 6.63. The van der Waals surface area contributed by atoms with Crippen molar-refractivity contribution in [1.29, 1.82) is 0 Å². The summed E-state index contributed by atoms with van der Waals surface area (Å²) in [5.74, 6) is -2.63. The van der Waals surface area contributed by atoms with E-state index in [9.17, 15) is 19.2 Å². The number of hydrogen-bond donors (Lipinski definition) is 0. The van der Waals surface area contributed by atoms with Crippen LogP contribution in [0, 0.1) is 5.41 Å². The molecule has 0 N–H and O–H groups in total. The molecule has 0 aliphatic carbocycles. The number of carbonyl (C=O) groups excluding carboxylic acids is 4. The van der Waals surface area contributed by atoms with Crippen molar-refractivity contribution in [1.82, 2.24) is 4.90 Å². The van der Waals surface area contributed by atoms with E-state index in [2.05, 4.69) is 6.58 Å². The van der Waals surface area contributed by atoms with Crippen molar-refractivity contribution in [2.45, 2.75) is 37.5 Å². The normalized spacial score (nSPS) is 17.9. The van der Waals surface area contributed by atoms with Crippen LogP contribution in [0.4, 0.5) is 4.79 Å². The Morgan fingerprint density at radius 1 is 0.946 bits per heavy atom. The Balaban J connectivity index is 2.29. The van der Waals surface area contributed by atoms with Crippen molar-refractivity contribution in [3.8, 4) is 0 Å². The number of allylic oxidation sites excluding steroid dienone is 1. The van der Waals surface area contributed by atoms with Crippen molar-refractivity contribution in [3.05, 3.63) is 84.4 Å². The van der Waals surface area contributed by atoms with Crippen molar-refractivity contribution in [2.75, 3.05) is 21.3 Å². The summed E-state index contributed by atoms with van der Waals surface area (Å²) in [7, 11) is 3.45. The molecule has 1 amide bonds. The zero-order valence-electron chi connectivity index (χ0n) is 21.1. The van der Waals surface area contributed by atoms with Gasteiger partial charge in [-0.25, -0.2) is 4.79 Å². The molecular formula is C28H31NO8. The van der Waals surface area contributed by atoms with E-state index in [1.165, 1.54) is 18.1 Å². The average molecular weight is 510 g/mol. The molecule has 1 heterocycles. The molecule has 0 saturated carbocycles. The third kappa shape index (κ3) is 5.35. The van der Waals surface area contributed by atoms with Crippen LogP contribution in [-0.2, 0) is 33.3 Å². The summed E-state index contributed by atoms with van der Waals surface area (Å²) in [6.07, 6.45) is -0.477. The van der Waals surface area contributed by atoms with E-state index in [1.54, 1.807) is 12.1 Å². The first-order valence-corrected chi connectivity index (χ1v) is 11.8. The lowest BCUT2D eigenvalue weighted by Crippen LogP contribution is -2.58. The van der Waals surface area contributed by atoms with E-state index in [4.69, 9.17) is 18.9 Å². The summed E-state index contributed by atoms with van der Waals surface area (Å²) in [6.45, 7) is 3.70. The van der Waals surface area contributed by atoms with Gasteiger partial charge in [-0.2, -0.15) is 0 Å². The number of esters is 3. The molecule has 3 rings (SSSR count). The lowest BCUT2D eigenvalue weighted by molar-refractivity contribution is -0.176. The van der Waals surface area contributed by atoms with Gasteiger partial charge in [-0.05, 0) is 24.0 Å². The lowest BCUT2D eigenvalue weighted by Gasteiger charge is -2.41. The Morgan fingerprint density at radius 3 is 1.97 bits per heavy atom. The minimum atomic E-state index is -2.07. The van der Waals surface area contributed by atoms with Gasteiger partial charge in [-0.3, -0.25) is 19.3 Å². The molecule has 1 fully saturated rings.